The molecule has 7 nitrogen and oxygen atoms in total. The summed E-state index contributed by atoms with van der Waals surface area (Å²) >= 11 is 5.89. The van der Waals surface area contributed by atoms with Crippen LogP contribution in [0.3, 0.4) is 0 Å². The Morgan fingerprint density at radius 1 is 0.967 bits per heavy atom. The first-order chi connectivity index (χ1) is 14.5. The van der Waals surface area contributed by atoms with Crippen molar-refractivity contribution in [2.45, 2.75) is 0 Å². The SMILES string of the molecule is O=CN/C(=C\c1ccc(-c2ccc(Cl)cc2)o1)C(=O)NCC(=O)Nc1ccccc1. The lowest BCUT2D eigenvalue weighted by Crippen LogP contribution is -2.36. The Bertz CT molecular complexity index is 1060. The van der Waals surface area contributed by atoms with Crippen LogP contribution in [0.1, 0.15) is 5.76 Å². The summed E-state index contributed by atoms with van der Waals surface area (Å²) in [5.41, 5.74) is 1.37. The fourth-order valence-corrected chi connectivity index (χ4v) is 2.69. The molecule has 3 rings (SSSR count). The molecule has 3 amide bonds. The minimum Gasteiger partial charge on any atom is -0.457 e. The Morgan fingerprint density at radius 3 is 2.40 bits per heavy atom. The van der Waals surface area contributed by atoms with Crippen LogP contribution in [0.2, 0.25) is 5.02 Å². The summed E-state index contributed by atoms with van der Waals surface area (Å²) < 4.78 is 5.71. The lowest BCUT2D eigenvalue weighted by molar-refractivity contribution is -0.122. The van der Waals surface area contributed by atoms with Gasteiger partial charge >= 0.3 is 0 Å². The van der Waals surface area contributed by atoms with E-state index in [1.807, 2.05) is 6.07 Å². The summed E-state index contributed by atoms with van der Waals surface area (Å²) in [7, 11) is 0. The molecule has 0 atom stereocenters. The van der Waals surface area contributed by atoms with E-state index >= 15 is 0 Å². The molecule has 1 heterocycles. The third-order valence-electron chi connectivity index (χ3n) is 3.97. The highest BCUT2D eigenvalue weighted by atomic mass is 35.5. The van der Waals surface area contributed by atoms with Crippen molar-refractivity contribution in [2.75, 3.05) is 11.9 Å². The maximum absolute atomic E-state index is 12.4. The number of para-hydroxylation sites is 1. The second kappa shape index (κ2) is 10.1. The molecule has 0 bridgehead atoms. The summed E-state index contributed by atoms with van der Waals surface area (Å²) in [5.74, 6) is -0.100. The first-order valence-electron chi connectivity index (χ1n) is 8.96. The molecule has 3 aromatic rings. The van der Waals surface area contributed by atoms with Gasteiger partial charge in [0, 0.05) is 22.3 Å². The summed E-state index contributed by atoms with van der Waals surface area (Å²) in [6.07, 6.45) is 1.75. The van der Waals surface area contributed by atoms with Crippen molar-refractivity contribution in [1.82, 2.24) is 10.6 Å². The van der Waals surface area contributed by atoms with Crippen LogP contribution in [0.25, 0.3) is 17.4 Å². The van der Waals surface area contributed by atoms with Crippen LogP contribution in [0.15, 0.2) is 76.8 Å². The highest BCUT2D eigenvalue weighted by Crippen LogP contribution is 2.24. The molecule has 0 aliphatic carbocycles. The standard InChI is InChI=1S/C22H18ClN3O4/c23-16-8-6-15(7-9-16)20-11-10-18(30-20)12-19(25-14-27)22(29)24-13-21(28)26-17-4-2-1-3-5-17/h1-12,14H,13H2,(H,24,29)(H,25,27)(H,26,28)/b19-12-. The highest BCUT2D eigenvalue weighted by molar-refractivity contribution is 6.30. The third kappa shape index (κ3) is 5.83. The Labute approximate surface area is 177 Å². The van der Waals surface area contributed by atoms with Crippen LogP contribution in [0.5, 0.6) is 0 Å². The number of amides is 3. The second-order valence-electron chi connectivity index (χ2n) is 6.13. The van der Waals surface area contributed by atoms with Crippen LogP contribution in [0, 0.1) is 0 Å². The number of carbonyl (C=O) groups is 3. The minimum atomic E-state index is -0.630. The van der Waals surface area contributed by atoms with Crippen LogP contribution in [0.4, 0.5) is 5.69 Å². The summed E-state index contributed by atoms with van der Waals surface area (Å²) in [6, 6.07) is 19.3. The van der Waals surface area contributed by atoms with Gasteiger partial charge in [-0.15, -0.1) is 0 Å². The van der Waals surface area contributed by atoms with Gasteiger partial charge in [0.05, 0.1) is 6.54 Å². The van der Waals surface area contributed by atoms with E-state index in [0.29, 0.717) is 28.6 Å². The maximum atomic E-state index is 12.4. The van der Waals surface area contributed by atoms with Crippen LogP contribution in [-0.2, 0) is 14.4 Å². The van der Waals surface area contributed by atoms with E-state index in [0.717, 1.165) is 5.56 Å². The molecule has 0 saturated carbocycles. The summed E-state index contributed by atoms with van der Waals surface area (Å²) in [4.78, 5) is 35.2. The molecule has 3 N–H and O–H groups in total. The molecule has 0 radical (unpaired) electrons. The highest BCUT2D eigenvalue weighted by Gasteiger charge is 2.13. The van der Waals surface area contributed by atoms with Gasteiger partial charge in [0.1, 0.15) is 17.2 Å². The molecule has 0 fully saturated rings. The van der Waals surface area contributed by atoms with Gasteiger partial charge in [-0.25, -0.2) is 0 Å². The molecular formula is C22H18ClN3O4. The predicted molar refractivity (Wildman–Crippen MR) is 114 cm³/mol. The van der Waals surface area contributed by atoms with Gasteiger partial charge < -0.3 is 20.4 Å². The molecule has 152 valence electrons. The van der Waals surface area contributed by atoms with E-state index in [9.17, 15) is 14.4 Å². The van der Waals surface area contributed by atoms with E-state index in [-0.39, 0.29) is 12.2 Å². The van der Waals surface area contributed by atoms with Gasteiger partial charge in [0.25, 0.3) is 5.91 Å². The summed E-state index contributed by atoms with van der Waals surface area (Å²) in [5, 5.41) is 8.04. The average Bonchev–Trinajstić information content (AvgIpc) is 3.21. The number of nitrogens with one attached hydrogen (secondary N) is 3. The zero-order chi connectivity index (χ0) is 21.3. The van der Waals surface area contributed by atoms with Gasteiger partial charge in [-0.3, -0.25) is 14.4 Å². The van der Waals surface area contributed by atoms with Crippen molar-refractivity contribution in [3.8, 4) is 11.3 Å². The first-order valence-corrected chi connectivity index (χ1v) is 9.34. The zero-order valence-electron chi connectivity index (χ0n) is 15.7. The van der Waals surface area contributed by atoms with Gasteiger partial charge in [-0.05, 0) is 48.5 Å². The fraction of sp³-hybridized carbons (Fsp3) is 0.0455. The maximum Gasteiger partial charge on any atom is 0.268 e. The Kier molecular flexibility index (Phi) is 7.02. The Hall–Kier alpha value is -3.84. The van der Waals surface area contributed by atoms with E-state index in [4.69, 9.17) is 16.0 Å². The quantitative estimate of drug-likeness (QED) is 0.381. The van der Waals surface area contributed by atoms with Crippen molar-refractivity contribution in [3.05, 3.63) is 83.2 Å². The van der Waals surface area contributed by atoms with E-state index in [1.165, 1.54) is 6.08 Å². The van der Waals surface area contributed by atoms with E-state index in [1.54, 1.807) is 60.7 Å². The second-order valence-corrected chi connectivity index (χ2v) is 6.56. The van der Waals surface area contributed by atoms with Crippen molar-refractivity contribution < 1.29 is 18.8 Å². The number of hydrogen-bond acceptors (Lipinski definition) is 4. The molecule has 0 aliphatic heterocycles. The van der Waals surface area contributed by atoms with Gasteiger partial charge in [-0.2, -0.15) is 0 Å². The molecule has 0 aliphatic rings. The van der Waals surface area contributed by atoms with Crippen LogP contribution >= 0.6 is 11.6 Å². The number of halogens is 1. The van der Waals surface area contributed by atoms with Crippen LogP contribution < -0.4 is 16.0 Å². The normalized spacial score (nSPS) is 10.9. The Balaban J connectivity index is 1.65. The molecule has 30 heavy (non-hydrogen) atoms. The number of benzene rings is 2. The molecular weight excluding hydrogens is 406 g/mol. The largest absolute Gasteiger partial charge is 0.457 e. The number of rotatable bonds is 8. The topological polar surface area (TPSA) is 100 Å². The van der Waals surface area contributed by atoms with Crippen LogP contribution in [-0.4, -0.2) is 24.8 Å². The molecule has 1 aromatic heterocycles. The number of hydrogen-bond donors (Lipinski definition) is 3. The van der Waals surface area contributed by atoms with Crippen molar-refractivity contribution in [2.24, 2.45) is 0 Å². The molecule has 0 unspecified atom stereocenters. The van der Waals surface area contributed by atoms with Gasteiger partial charge in [0.2, 0.25) is 12.3 Å². The average molecular weight is 424 g/mol. The van der Waals surface area contributed by atoms with E-state index < -0.39 is 11.8 Å². The number of anilines is 1. The number of furan rings is 1. The molecule has 0 spiro atoms. The predicted octanol–water partition coefficient (Wildman–Crippen LogP) is 3.44. The minimum absolute atomic E-state index is 0.0606. The van der Waals surface area contributed by atoms with Crippen molar-refractivity contribution in [1.29, 1.82) is 0 Å². The monoisotopic (exact) mass is 423 g/mol. The van der Waals surface area contributed by atoms with Gasteiger partial charge in [-0.1, -0.05) is 29.8 Å². The molecule has 2 aromatic carbocycles. The molecule has 8 heteroatoms. The Morgan fingerprint density at radius 2 is 1.70 bits per heavy atom. The summed E-state index contributed by atoms with van der Waals surface area (Å²) in [6.45, 7) is -0.264. The van der Waals surface area contributed by atoms with Crippen molar-refractivity contribution in [3.63, 3.8) is 0 Å². The van der Waals surface area contributed by atoms with Gasteiger partial charge in [0.15, 0.2) is 0 Å². The zero-order valence-corrected chi connectivity index (χ0v) is 16.5. The smallest absolute Gasteiger partial charge is 0.268 e. The first kappa shape index (κ1) is 20.9. The third-order valence-corrected chi connectivity index (χ3v) is 4.22. The molecule has 0 saturated heterocycles. The fourth-order valence-electron chi connectivity index (χ4n) is 2.56. The lowest BCUT2D eigenvalue weighted by atomic mass is 10.2. The van der Waals surface area contributed by atoms with E-state index in [2.05, 4.69) is 16.0 Å². The number of carbonyl (C=O) groups excluding carboxylic acids is 3. The lowest BCUT2D eigenvalue weighted by Gasteiger charge is -2.08. The van der Waals surface area contributed by atoms with Crippen molar-refractivity contribution >= 4 is 41.6 Å².